The molecule has 1 aromatic rings. The van der Waals surface area contributed by atoms with Gasteiger partial charge in [-0.3, -0.25) is 0 Å². The predicted molar refractivity (Wildman–Crippen MR) is 78.7 cm³/mol. The lowest BCUT2D eigenvalue weighted by atomic mass is 9.94. The van der Waals surface area contributed by atoms with Gasteiger partial charge in [0.05, 0.1) is 0 Å². The summed E-state index contributed by atoms with van der Waals surface area (Å²) in [4.78, 5) is 0. The zero-order chi connectivity index (χ0) is 13.9. The Bertz CT molecular complexity index is 321. The molecule has 0 fully saturated rings. The molecule has 1 nitrogen and oxygen atoms in total. The second-order valence-electron chi connectivity index (χ2n) is 5.44. The van der Waals surface area contributed by atoms with Crippen LogP contribution in [0.1, 0.15) is 57.4 Å². The fourth-order valence-corrected chi connectivity index (χ4v) is 2.43. The van der Waals surface area contributed by atoms with Gasteiger partial charge in [-0.15, -0.1) is 0 Å². The summed E-state index contributed by atoms with van der Waals surface area (Å²) in [6, 6.07) is 6.63. The first-order chi connectivity index (χ1) is 9.26. The van der Waals surface area contributed by atoms with Gasteiger partial charge in [0, 0.05) is 6.61 Å². The highest BCUT2D eigenvalue weighted by Crippen LogP contribution is 2.17. The summed E-state index contributed by atoms with van der Waals surface area (Å²) < 4.78 is 12.8. The average molecular weight is 266 g/mol. The van der Waals surface area contributed by atoms with Crippen LogP contribution < -0.4 is 0 Å². The molecule has 1 aromatic carbocycles. The Morgan fingerprint density at radius 3 is 2.26 bits per heavy atom. The van der Waals surface area contributed by atoms with E-state index in [1.54, 1.807) is 0 Å². The van der Waals surface area contributed by atoms with Crippen LogP contribution in [0, 0.1) is 11.7 Å². The van der Waals surface area contributed by atoms with Gasteiger partial charge in [-0.25, -0.2) is 4.39 Å². The summed E-state index contributed by atoms with van der Waals surface area (Å²) in [6.45, 7) is 2.46. The summed E-state index contributed by atoms with van der Waals surface area (Å²) in [5.74, 6) is 0.122. The van der Waals surface area contributed by atoms with Crippen molar-refractivity contribution in [2.24, 2.45) is 5.92 Å². The van der Waals surface area contributed by atoms with Crippen LogP contribution >= 0.6 is 0 Å². The zero-order valence-electron chi connectivity index (χ0n) is 12.1. The molecule has 0 amide bonds. The SMILES string of the molecule is CCCCCCCCC(CO)Cc1ccc(F)cc1. The summed E-state index contributed by atoms with van der Waals surface area (Å²) in [6.07, 6.45) is 9.63. The van der Waals surface area contributed by atoms with Crippen molar-refractivity contribution in [2.75, 3.05) is 6.61 Å². The number of rotatable bonds is 10. The Hall–Kier alpha value is -0.890. The van der Waals surface area contributed by atoms with Crippen molar-refractivity contribution in [3.63, 3.8) is 0 Å². The number of aliphatic hydroxyl groups is 1. The third-order valence-electron chi connectivity index (χ3n) is 3.66. The second-order valence-corrected chi connectivity index (χ2v) is 5.44. The number of hydrogen-bond donors (Lipinski definition) is 1. The van der Waals surface area contributed by atoms with Gasteiger partial charge < -0.3 is 5.11 Å². The van der Waals surface area contributed by atoms with Crippen molar-refractivity contribution in [1.29, 1.82) is 0 Å². The van der Waals surface area contributed by atoms with Crippen LogP contribution in [-0.2, 0) is 6.42 Å². The van der Waals surface area contributed by atoms with Crippen molar-refractivity contribution < 1.29 is 9.50 Å². The van der Waals surface area contributed by atoms with E-state index in [1.165, 1.54) is 50.7 Å². The van der Waals surface area contributed by atoms with Gasteiger partial charge in [-0.1, -0.05) is 57.6 Å². The lowest BCUT2D eigenvalue weighted by Gasteiger charge is -2.14. The van der Waals surface area contributed by atoms with Crippen LogP contribution in [-0.4, -0.2) is 11.7 Å². The molecule has 0 saturated carbocycles. The number of benzene rings is 1. The van der Waals surface area contributed by atoms with Crippen molar-refractivity contribution in [1.82, 2.24) is 0 Å². The molecule has 0 aliphatic carbocycles. The molecule has 0 radical (unpaired) electrons. The first kappa shape index (κ1) is 16.2. The molecule has 0 aliphatic heterocycles. The van der Waals surface area contributed by atoms with Gasteiger partial charge in [-0.05, 0) is 36.5 Å². The molecule has 2 heteroatoms. The van der Waals surface area contributed by atoms with Gasteiger partial charge in [0.25, 0.3) is 0 Å². The summed E-state index contributed by atoms with van der Waals surface area (Å²) in [5, 5.41) is 9.41. The van der Waals surface area contributed by atoms with Gasteiger partial charge in [-0.2, -0.15) is 0 Å². The first-order valence-corrected chi connectivity index (χ1v) is 7.61. The van der Waals surface area contributed by atoms with E-state index in [1.807, 2.05) is 12.1 Å². The number of aliphatic hydroxyl groups excluding tert-OH is 1. The Balaban J connectivity index is 2.20. The fourth-order valence-electron chi connectivity index (χ4n) is 2.43. The highest BCUT2D eigenvalue weighted by atomic mass is 19.1. The monoisotopic (exact) mass is 266 g/mol. The van der Waals surface area contributed by atoms with Gasteiger partial charge >= 0.3 is 0 Å². The predicted octanol–water partition coefficient (Wildman–Crippen LogP) is 4.73. The number of halogens is 1. The number of hydrogen-bond acceptors (Lipinski definition) is 1. The van der Waals surface area contributed by atoms with E-state index in [9.17, 15) is 9.50 Å². The zero-order valence-corrected chi connectivity index (χ0v) is 12.1. The second kappa shape index (κ2) is 9.96. The molecular formula is C17H27FO. The van der Waals surface area contributed by atoms with Crippen LogP contribution in [0.15, 0.2) is 24.3 Å². The quantitative estimate of drug-likeness (QED) is 0.607. The summed E-state index contributed by atoms with van der Waals surface area (Å²) in [7, 11) is 0. The summed E-state index contributed by atoms with van der Waals surface area (Å²) >= 11 is 0. The first-order valence-electron chi connectivity index (χ1n) is 7.61. The molecule has 0 heterocycles. The molecule has 0 spiro atoms. The van der Waals surface area contributed by atoms with Crippen molar-refractivity contribution >= 4 is 0 Å². The van der Waals surface area contributed by atoms with Crippen molar-refractivity contribution in [3.8, 4) is 0 Å². The molecule has 1 atom stereocenters. The Morgan fingerprint density at radius 2 is 1.63 bits per heavy atom. The molecule has 19 heavy (non-hydrogen) atoms. The standard InChI is InChI=1S/C17H27FO/c1-2-3-4-5-6-7-8-16(14-19)13-15-9-11-17(18)12-10-15/h9-12,16,19H,2-8,13-14H2,1H3. The van der Waals surface area contributed by atoms with Crippen LogP contribution in [0.4, 0.5) is 4.39 Å². The molecule has 0 aliphatic rings. The smallest absolute Gasteiger partial charge is 0.123 e. The van der Waals surface area contributed by atoms with E-state index in [0.717, 1.165) is 18.4 Å². The Morgan fingerprint density at radius 1 is 1.00 bits per heavy atom. The maximum Gasteiger partial charge on any atom is 0.123 e. The Kier molecular flexibility index (Phi) is 8.48. The minimum Gasteiger partial charge on any atom is -0.396 e. The molecular weight excluding hydrogens is 239 g/mol. The molecule has 108 valence electrons. The van der Waals surface area contributed by atoms with E-state index in [2.05, 4.69) is 6.92 Å². The van der Waals surface area contributed by atoms with E-state index in [0.29, 0.717) is 5.92 Å². The van der Waals surface area contributed by atoms with Crippen molar-refractivity contribution in [2.45, 2.75) is 58.3 Å². The highest BCUT2D eigenvalue weighted by molar-refractivity contribution is 5.16. The third-order valence-corrected chi connectivity index (χ3v) is 3.66. The molecule has 0 aromatic heterocycles. The normalized spacial score (nSPS) is 12.6. The van der Waals surface area contributed by atoms with Crippen LogP contribution in [0.2, 0.25) is 0 Å². The van der Waals surface area contributed by atoms with E-state index < -0.39 is 0 Å². The van der Waals surface area contributed by atoms with Crippen molar-refractivity contribution in [3.05, 3.63) is 35.6 Å². The highest BCUT2D eigenvalue weighted by Gasteiger charge is 2.08. The lowest BCUT2D eigenvalue weighted by Crippen LogP contribution is -2.09. The van der Waals surface area contributed by atoms with Crippen LogP contribution in [0.3, 0.4) is 0 Å². The van der Waals surface area contributed by atoms with Gasteiger partial charge in [0.15, 0.2) is 0 Å². The van der Waals surface area contributed by atoms with Gasteiger partial charge in [0.2, 0.25) is 0 Å². The average Bonchev–Trinajstić information content (AvgIpc) is 2.43. The topological polar surface area (TPSA) is 20.2 Å². The molecule has 1 unspecified atom stereocenters. The van der Waals surface area contributed by atoms with Gasteiger partial charge in [0.1, 0.15) is 5.82 Å². The molecule has 0 saturated heterocycles. The largest absolute Gasteiger partial charge is 0.396 e. The van der Waals surface area contributed by atoms with Crippen LogP contribution in [0.25, 0.3) is 0 Å². The maximum absolute atomic E-state index is 12.8. The maximum atomic E-state index is 12.8. The van der Waals surface area contributed by atoms with E-state index in [-0.39, 0.29) is 12.4 Å². The van der Waals surface area contributed by atoms with Crippen LogP contribution in [0.5, 0.6) is 0 Å². The Labute approximate surface area is 116 Å². The number of unbranched alkanes of at least 4 members (excludes halogenated alkanes) is 5. The molecule has 0 bridgehead atoms. The minimum absolute atomic E-state index is 0.194. The van der Waals surface area contributed by atoms with E-state index >= 15 is 0 Å². The fraction of sp³-hybridized carbons (Fsp3) is 0.647. The third kappa shape index (κ3) is 7.31. The van der Waals surface area contributed by atoms with E-state index in [4.69, 9.17) is 0 Å². The molecule has 1 N–H and O–H groups in total. The minimum atomic E-state index is -0.194. The molecule has 1 rings (SSSR count). The summed E-state index contributed by atoms with van der Waals surface area (Å²) in [5.41, 5.74) is 1.12. The lowest BCUT2D eigenvalue weighted by molar-refractivity contribution is 0.214.